The summed E-state index contributed by atoms with van der Waals surface area (Å²) in [5.41, 5.74) is 1.59. The molecule has 25 heavy (non-hydrogen) atoms. The zero-order chi connectivity index (χ0) is 17.2. The minimum atomic E-state index is -0.667. The van der Waals surface area contributed by atoms with Gasteiger partial charge >= 0.3 is 0 Å². The molecular weight excluding hydrogens is 324 g/mol. The third kappa shape index (κ3) is 3.05. The van der Waals surface area contributed by atoms with E-state index in [1.807, 2.05) is 6.07 Å². The molecule has 0 saturated carbocycles. The van der Waals surface area contributed by atoms with Crippen LogP contribution < -0.4 is 19.7 Å². The average molecular weight is 342 g/mol. The fraction of sp³-hybridized carbons (Fsp3) is 0.333. The topological polar surface area (TPSA) is 81.0 Å². The van der Waals surface area contributed by atoms with Crippen molar-refractivity contribution >= 4 is 17.5 Å². The van der Waals surface area contributed by atoms with Gasteiger partial charge in [-0.3, -0.25) is 9.59 Å². The first-order valence-corrected chi connectivity index (χ1v) is 8.22. The molecule has 3 heterocycles. The quantitative estimate of drug-likeness (QED) is 0.856. The molecule has 2 aromatic rings. The maximum atomic E-state index is 12.7. The first-order chi connectivity index (χ1) is 12.2. The Bertz CT molecular complexity index is 787. The fourth-order valence-electron chi connectivity index (χ4n) is 3.09. The first-order valence-electron chi connectivity index (χ1n) is 8.22. The van der Waals surface area contributed by atoms with Crippen molar-refractivity contribution in [2.24, 2.45) is 5.92 Å². The van der Waals surface area contributed by atoms with E-state index < -0.39 is 5.92 Å². The summed E-state index contributed by atoms with van der Waals surface area (Å²) in [5, 5.41) is 2.79. The number of fused-ring (bicyclic) bond motifs is 1. The van der Waals surface area contributed by atoms with Gasteiger partial charge in [-0.2, -0.15) is 0 Å². The van der Waals surface area contributed by atoms with E-state index in [0.29, 0.717) is 44.2 Å². The number of benzene rings is 1. The van der Waals surface area contributed by atoms with Crippen LogP contribution in [0.3, 0.4) is 0 Å². The smallest absolute Gasteiger partial charge is 0.239 e. The largest absolute Gasteiger partial charge is 0.486 e. The van der Waals surface area contributed by atoms with Gasteiger partial charge in [-0.15, -0.1) is 0 Å². The second-order valence-corrected chi connectivity index (χ2v) is 6.01. The molecule has 1 unspecified atom stereocenters. The minimum absolute atomic E-state index is 0.193. The average Bonchev–Trinajstić information content (AvgIpc) is 3.29. The van der Waals surface area contributed by atoms with Crippen LogP contribution in [0.2, 0.25) is 0 Å². The van der Waals surface area contributed by atoms with Gasteiger partial charge in [0.15, 0.2) is 11.5 Å². The van der Waals surface area contributed by atoms with E-state index >= 15 is 0 Å². The van der Waals surface area contributed by atoms with Crippen molar-refractivity contribution in [3.8, 4) is 11.5 Å². The summed E-state index contributed by atoms with van der Waals surface area (Å²) < 4.78 is 16.0. The maximum Gasteiger partial charge on any atom is 0.239 e. The van der Waals surface area contributed by atoms with Crippen molar-refractivity contribution in [3.05, 3.63) is 42.4 Å². The van der Waals surface area contributed by atoms with E-state index in [1.165, 1.54) is 0 Å². The molecule has 1 fully saturated rings. The van der Waals surface area contributed by atoms with Gasteiger partial charge in [-0.1, -0.05) is 0 Å². The van der Waals surface area contributed by atoms with E-state index in [2.05, 4.69) is 5.32 Å². The number of hydrogen-bond acceptors (Lipinski definition) is 5. The molecule has 1 saturated heterocycles. The Hall–Kier alpha value is -2.96. The normalized spacial score (nSPS) is 19.1. The predicted molar refractivity (Wildman–Crippen MR) is 88.4 cm³/mol. The second kappa shape index (κ2) is 6.51. The van der Waals surface area contributed by atoms with Crippen LogP contribution in [0.4, 0.5) is 5.69 Å². The van der Waals surface area contributed by atoms with Gasteiger partial charge in [0.25, 0.3) is 0 Å². The first kappa shape index (κ1) is 15.6. The molecule has 0 radical (unpaired) electrons. The summed E-state index contributed by atoms with van der Waals surface area (Å²) >= 11 is 0. The molecule has 130 valence electrons. The molecular formula is C18H18N2O5. The number of rotatable bonds is 4. The summed E-state index contributed by atoms with van der Waals surface area (Å²) in [6, 6.07) is 7.18. The van der Waals surface area contributed by atoms with Gasteiger partial charge in [0.05, 0.1) is 12.5 Å². The predicted octanol–water partition coefficient (Wildman–Crippen LogP) is 1.72. The highest BCUT2D eigenvalue weighted by Crippen LogP contribution is 2.36. The number of anilines is 1. The summed E-state index contributed by atoms with van der Waals surface area (Å²) in [6.07, 6.45) is 3.61. The van der Waals surface area contributed by atoms with Crippen LogP contribution in [0, 0.1) is 5.92 Å². The Morgan fingerprint density at radius 1 is 1.20 bits per heavy atom. The number of ether oxygens (including phenoxy) is 2. The molecule has 4 rings (SSSR count). The Morgan fingerprint density at radius 3 is 2.84 bits per heavy atom. The number of hydrogen-bond donors (Lipinski definition) is 1. The number of nitrogens with zero attached hydrogens (tertiary/aromatic N) is 1. The van der Waals surface area contributed by atoms with Crippen LogP contribution in [0.15, 0.2) is 41.2 Å². The Labute approximate surface area is 144 Å². The summed E-state index contributed by atoms with van der Waals surface area (Å²) in [4.78, 5) is 26.6. The van der Waals surface area contributed by atoms with E-state index in [9.17, 15) is 9.59 Å². The Kier molecular flexibility index (Phi) is 4.05. The fourth-order valence-corrected chi connectivity index (χ4v) is 3.09. The molecule has 2 amide bonds. The lowest BCUT2D eigenvalue weighted by Crippen LogP contribution is -2.36. The maximum absolute atomic E-state index is 12.7. The highest BCUT2D eigenvalue weighted by molar-refractivity contribution is 6.09. The molecule has 2 aliphatic heterocycles. The van der Waals surface area contributed by atoms with E-state index in [0.717, 1.165) is 11.3 Å². The van der Waals surface area contributed by atoms with Gasteiger partial charge in [-0.05, 0) is 24.6 Å². The molecule has 7 heteroatoms. The van der Waals surface area contributed by atoms with Crippen LogP contribution in [0.5, 0.6) is 11.5 Å². The van der Waals surface area contributed by atoms with Gasteiger partial charge in [0, 0.05) is 30.4 Å². The zero-order valence-corrected chi connectivity index (χ0v) is 13.6. The van der Waals surface area contributed by atoms with Crippen LogP contribution in [-0.2, 0) is 16.1 Å². The summed E-state index contributed by atoms with van der Waals surface area (Å²) in [5.74, 6) is 0.188. The lowest BCUT2D eigenvalue weighted by molar-refractivity contribution is -0.132. The van der Waals surface area contributed by atoms with Gasteiger partial charge < -0.3 is 24.1 Å². The van der Waals surface area contributed by atoms with Crippen molar-refractivity contribution in [3.63, 3.8) is 0 Å². The minimum Gasteiger partial charge on any atom is -0.486 e. The Balaban J connectivity index is 1.43. The van der Waals surface area contributed by atoms with Crippen molar-refractivity contribution in [1.29, 1.82) is 0 Å². The third-order valence-electron chi connectivity index (χ3n) is 4.41. The van der Waals surface area contributed by atoms with Gasteiger partial charge in [-0.25, -0.2) is 0 Å². The molecule has 1 aromatic carbocycles. The van der Waals surface area contributed by atoms with Crippen LogP contribution in [-0.4, -0.2) is 31.6 Å². The van der Waals surface area contributed by atoms with Gasteiger partial charge in [0.2, 0.25) is 11.8 Å². The van der Waals surface area contributed by atoms with Crippen molar-refractivity contribution < 1.29 is 23.5 Å². The standard InChI is InChI=1S/C18H18N2O5/c21-17(19-10-12-4-6-23-11-12)14-3-5-20(18(14)22)13-1-2-15-16(9-13)25-8-7-24-15/h1-2,4,6,9,11,14H,3,5,7-8,10H2,(H,19,21). The monoisotopic (exact) mass is 342 g/mol. The molecule has 0 spiro atoms. The molecule has 2 aliphatic rings. The highest BCUT2D eigenvalue weighted by Gasteiger charge is 2.37. The Morgan fingerprint density at radius 2 is 2.04 bits per heavy atom. The third-order valence-corrected chi connectivity index (χ3v) is 4.41. The van der Waals surface area contributed by atoms with Crippen molar-refractivity contribution in [1.82, 2.24) is 5.32 Å². The summed E-state index contributed by atoms with van der Waals surface area (Å²) in [7, 11) is 0. The molecule has 1 atom stereocenters. The van der Waals surface area contributed by atoms with Crippen LogP contribution in [0.25, 0.3) is 0 Å². The van der Waals surface area contributed by atoms with Crippen LogP contribution >= 0.6 is 0 Å². The lowest BCUT2D eigenvalue weighted by atomic mass is 10.1. The van der Waals surface area contributed by atoms with Gasteiger partial charge in [0.1, 0.15) is 19.1 Å². The summed E-state index contributed by atoms with van der Waals surface area (Å²) in [6.45, 7) is 1.86. The highest BCUT2D eigenvalue weighted by atomic mass is 16.6. The lowest BCUT2D eigenvalue weighted by Gasteiger charge is -2.22. The van der Waals surface area contributed by atoms with Crippen molar-refractivity contribution in [2.45, 2.75) is 13.0 Å². The molecule has 1 aromatic heterocycles. The number of amides is 2. The molecule has 1 N–H and O–H groups in total. The number of nitrogens with one attached hydrogen (secondary N) is 1. The number of carbonyl (C=O) groups is 2. The molecule has 0 bridgehead atoms. The number of furan rings is 1. The van der Waals surface area contributed by atoms with E-state index in [4.69, 9.17) is 13.9 Å². The number of carbonyl (C=O) groups excluding carboxylic acids is 2. The SMILES string of the molecule is O=C(NCc1ccoc1)C1CCN(c2ccc3c(c2)OCCO3)C1=O. The van der Waals surface area contributed by atoms with E-state index in [1.54, 1.807) is 35.6 Å². The molecule has 7 nitrogen and oxygen atoms in total. The van der Waals surface area contributed by atoms with E-state index in [-0.39, 0.29) is 11.8 Å². The van der Waals surface area contributed by atoms with Crippen molar-refractivity contribution in [2.75, 3.05) is 24.7 Å². The van der Waals surface area contributed by atoms with Crippen LogP contribution in [0.1, 0.15) is 12.0 Å². The zero-order valence-electron chi connectivity index (χ0n) is 13.6. The molecule has 0 aliphatic carbocycles. The second-order valence-electron chi connectivity index (χ2n) is 6.01.